The minimum Gasteiger partial charge on any atom is -0.310 e. The van der Waals surface area contributed by atoms with E-state index in [0.717, 1.165) is 6.42 Å². The van der Waals surface area contributed by atoms with Crippen molar-refractivity contribution in [2.75, 3.05) is 6.54 Å². The third-order valence-corrected chi connectivity index (χ3v) is 4.94. The third-order valence-electron chi connectivity index (χ3n) is 4.94. The van der Waals surface area contributed by atoms with Crippen LogP contribution in [0, 0.1) is 5.82 Å². The number of rotatable bonds is 3. The summed E-state index contributed by atoms with van der Waals surface area (Å²) >= 11 is 0. The maximum atomic E-state index is 14.3. The molecule has 7 heteroatoms. The van der Waals surface area contributed by atoms with Crippen LogP contribution in [0.1, 0.15) is 25.3 Å². The zero-order valence-electron chi connectivity index (χ0n) is 13.3. The lowest BCUT2D eigenvalue weighted by molar-refractivity contribution is -0.132. The van der Waals surface area contributed by atoms with Crippen LogP contribution in [0.2, 0.25) is 0 Å². The van der Waals surface area contributed by atoms with Crippen LogP contribution < -0.4 is 0 Å². The number of hydrogen-bond donors (Lipinski definition) is 0. The highest BCUT2D eigenvalue weighted by atomic mass is 19.1. The summed E-state index contributed by atoms with van der Waals surface area (Å²) in [6.45, 7) is 2.50. The van der Waals surface area contributed by atoms with Crippen molar-refractivity contribution >= 4 is 11.9 Å². The Morgan fingerprint density at radius 2 is 2.17 bits per heavy atom. The number of hydrogen-bond acceptors (Lipinski definition) is 3. The van der Waals surface area contributed by atoms with Crippen LogP contribution in [0.15, 0.2) is 36.9 Å². The molecule has 0 radical (unpaired) electrons. The summed E-state index contributed by atoms with van der Waals surface area (Å²) in [5.74, 6) is -0.611. The highest BCUT2D eigenvalue weighted by Gasteiger charge is 2.56. The number of imidazole rings is 1. The van der Waals surface area contributed by atoms with E-state index in [1.165, 1.54) is 17.3 Å². The zero-order chi connectivity index (χ0) is 16.9. The summed E-state index contributed by atoms with van der Waals surface area (Å²) in [5.41, 5.74) is 0.234. The van der Waals surface area contributed by atoms with Crippen molar-refractivity contribution in [1.82, 2.24) is 19.4 Å². The van der Waals surface area contributed by atoms with Gasteiger partial charge >= 0.3 is 6.03 Å². The highest BCUT2D eigenvalue weighted by molar-refractivity contribution is 6.07. The predicted molar refractivity (Wildman–Crippen MR) is 83.8 cm³/mol. The van der Waals surface area contributed by atoms with Crippen LogP contribution in [0.4, 0.5) is 9.18 Å². The second kappa shape index (κ2) is 5.15. The lowest BCUT2D eigenvalue weighted by atomic mass is 9.99. The number of carbonyl (C=O) groups is 2. The fraction of sp³-hybridized carbons (Fsp3) is 0.353. The molecule has 2 aliphatic rings. The van der Waals surface area contributed by atoms with Gasteiger partial charge < -0.3 is 9.47 Å². The molecule has 1 atom stereocenters. The van der Waals surface area contributed by atoms with Crippen molar-refractivity contribution in [3.8, 4) is 5.69 Å². The van der Waals surface area contributed by atoms with Crippen LogP contribution in [0.25, 0.3) is 5.69 Å². The molecule has 0 saturated carbocycles. The summed E-state index contributed by atoms with van der Waals surface area (Å²) < 4.78 is 15.9. The average Bonchev–Trinajstić information content (AvgIpc) is 3.24. The van der Waals surface area contributed by atoms with Crippen LogP contribution in [0.5, 0.6) is 0 Å². The van der Waals surface area contributed by atoms with E-state index in [0.29, 0.717) is 24.2 Å². The molecule has 0 unspecified atom stereocenters. The van der Waals surface area contributed by atoms with Crippen LogP contribution in [-0.4, -0.2) is 43.4 Å². The van der Waals surface area contributed by atoms with Gasteiger partial charge in [-0.05, 0) is 37.5 Å². The van der Waals surface area contributed by atoms with Gasteiger partial charge in [-0.3, -0.25) is 9.69 Å². The Kier molecular flexibility index (Phi) is 3.19. The molecule has 4 rings (SSSR count). The van der Waals surface area contributed by atoms with Crippen LogP contribution in [0.3, 0.4) is 0 Å². The average molecular weight is 328 g/mol. The highest BCUT2D eigenvalue weighted by Crippen LogP contribution is 2.37. The number of aromatic nitrogens is 2. The first-order valence-electron chi connectivity index (χ1n) is 7.91. The van der Waals surface area contributed by atoms with E-state index in [2.05, 4.69) is 4.98 Å². The predicted octanol–water partition coefficient (Wildman–Crippen LogP) is 2.33. The normalized spacial score (nSPS) is 23.2. The Bertz CT molecular complexity index is 820. The van der Waals surface area contributed by atoms with Crippen LogP contribution >= 0.6 is 0 Å². The maximum Gasteiger partial charge on any atom is 0.327 e. The van der Waals surface area contributed by atoms with Gasteiger partial charge in [0.25, 0.3) is 5.91 Å². The number of imide groups is 1. The first-order chi connectivity index (χ1) is 11.5. The third kappa shape index (κ3) is 2.04. The van der Waals surface area contributed by atoms with Crippen molar-refractivity contribution in [1.29, 1.82) is 0 Å². The minimum atomic E-state index is -0.730. The van der Waals surface area contributed by atoms with E-state index in [4.69, 9.17) is 0 Å². The summed E-state index contributed by atoms with van der Waals surface area (Å²) in [6, 6.07) is 4.44. The topological polar surface area (TPSA) is 58.4 Å². The fourth-order valence-corrected chi connectivity index (χ4v) is 3.60. The van der Waals surface area contributed by atoms with E-state index >= 15 is 0 Å². The van der Waals surface area contributed by atoms with Crippen molar-refractivity contribution < 1.29 is 14.0 Å². The number of halogens is 1. The fourth-order valence-electron chi connectivity index (χ4n) is 3.60. The quantitative estimate of drug-likeness (QED) is 0.813. The Labute approximate surface area is 138 Å². The molecule has 0 N–H and O–H groups in total. The Morgan fingerprint density at radius 1 is 1.33 bits per heavy atom. The SMILES string of the molecule is C[C@@]12CCCN1C(=O)N(Cc1ccc(-n3ccnc3)c(F)c1)C2=O. The standard InChI is InChI=1S/C17H17FN4O2/c1-17-5-2-7-22(17)16(24)21(15(17)23)10-12-3-4-14(13(18)9-12)20-8-6-19-11-20/h3-4,6,8-9,11H,2,5,7,10H2,1H3/t17-/m0/s1. The maximum absolute atomic E-state index is 14.3. The van der Waals surface area contributed by atoms with Gasteiger partial charge in [-0.25, -0.2) is 14.2 Å². The summed E-state index contributed by atoms with van der Waals surface area (Å²) in [7, 11) is 0. The lowest BCUT2D eigenvalue weighted by Gasteiger charge is -2.22. The van der Waals surface area contributed by atoms with Crippen molar-refractivity contribution in [2.24, 2.45) is 0 Å². The molecular formula is C17H17FN4O2. The van der Waals surface area contributed by atoms with E-state index in [9.17, 15) is 14.0 Å². The molecule has 2 saturated heterocycles. The molecule has 1 aromatic carbocycles. The smallest absolute Gasteiger partial charge is 0.310 e. The first kappa shape index (κ1) is 14.9. The molecule has 124 valence electrons. The molecule has 2 fully saturated rings. The zero-order valence-corrected chi connectivity index (χ0v) is 13.3. The van der Waals surface area contributed by atoms with E-state index in [1.807, 2.05) is 6.92 Å². The molecule has 24 heavy (non-hydrogen) atoms. The molecule has 3 amide bonds. The van der Waals surface area contributed by atoms with Gasteiger partial charge in [0, 0.05) is 18.9 Å². The largest absolute Gasteiger partial charge is 0.327 e. The van der Waals surface area contributed by atoms with Gasteiger partial charge in [-0.1, -0.05) is 6.07 Å². The Balaban J connectivity index is 1.59. The number of amides is 3. The monoisotopic (exact) mass is 328 g/mol. The van der Waals surface area contributed by atoms with Gasteiger partial charge in [0.1, 0.15) is 11.4 Å². The molecule has 0 bridgehead atoms. The summed E-state index contributed by atoms with van der Waals surface area (Å²) in [6.07, 6.45) is 6.27. The van der Waals surface area contributed by atoms with E-state index in [-0.39, 0.29) is 18.5 Å². The number of urea groups is 1. The number of fused-ring (bicyclic) bond motifs is 1. The molecular weight excluding hydrogens is 311 g/mol. The second-order valence-electron chi connectivity index (χ2n) is 6.46. The second-order valence-corrected chi connectivity index (χ2v) is 6.46. The summed E-state index contributed by atoms with van der Waals surface area (Å²) in [5, 5.41) is 0. The van der Waals surface area contributed by atoms with Gasteiger partial charge in [0.15, 0.2) is 0 Å². The number of carbonyl (C=O) groups excluding carboxylic acids is 2. The molecule has 3 heterocycles. The van der Waals surface area contributed by atoms with Crippen molar-refractivity contribution in [2.45, 2.75) is 31.8 Å². The van der Waals surface area contributed by atoms with Crippen molar-refractivity contribution in [3.05, 3.63) is 48.3 Å². The number of benzene rings is 1. The van der Waals surface area contributed by atoms with Gasteiger partial charge in [0.05, 0.1) is 18.6 Å². The van der Waals surface area contributed by atoms with Crippen LogP contribution in [-0.2, 0) is 11.3 Å². The van der Waals surface area contributed by atoms with E-state index < -0.39 is 11.4 Å². The van der Waals surface area contributed by atoms with E-state index in [1.54, 1.807) is 34.0 Å². The first-order valence-corrected chi connectivity index (χ1v) is 7.91. The molecule has 1 aromatic heterocycles. The van der Waals surface area contributed by atoms with Gasteiger partial charge in [0.2, 0.25) is 0 Å². The molecule has 6 nitrogen and oxygen atoms in total. The Morgan fingerprint density at radius 3 is 2.83 bits per heavy atom. The minimum absolute atomic E-state index is 0.0882. The van der Waals surface area contributed by atoms with Crippen molar-refractivity contribution in [3.63, 3.8) is 0 Å². The molecule has 0 aliphatic carbocycles. The number of nitrogens with zero attached hydrogens (tertiary/aromatic N) is 4. The van der Waals surface area contributed by atoms with Gasteiger partial charge in [-0.2, -0.15) is 0 Å². The molecule has 0 spiro atoms. The molecule has 2 aliphatic heterocycles. The summed E-state index contributed by atoms with van der Waals surface area (Å²) in [4.78, 5) is 31.8. The molecule has 2 aromatic rings. The lowest BCUT2D eigenvalue weighted by Crippen LogP contribution is -2.41. The Hall–Kier alpha value is -2.70. The van der Waals surface area contributed by atoms with Gasteiger partial charge in [-0.15, -0.1) is 0 Å².